The molecule has 4 aromatic rings. The lowest BCUT2D eigenvalue weighted by Gasteiger charge is -2.02. The van der Waals surface area contributed by atoms with Gasteiger partial charge in [-0.3, -0.25) is 4.79 Å². The van der Waals surface area contributed by atoms with E-state index in [1.807, 2.05) is 42.6 Å². The molecule has 1 N–H and O–H groups in total. The summed E-state index contributed by atoms with van der Waals surface area (Å²) in [5.74, 6) is 0.975. The molecule has 144 valence electrons. The standard InChI is InChI=1S/C22H18N4O3/c1-28-19-11-9-16(10-12-19)22(27)24-23-14-17-15-26(18-6-3-2-4-7-18)25-21(17)20-8-5-13-29-20/h2-15H,1H3,(H,24,27)/b23-14-. The second kappa shape index (κ2) is 8.26. The molecule has 0 aliphatic heterocycles. The molecule has 0 unspecified atom stereocenters. The molecular weight excluding hydrogens is 368 g/mol. The van der Waals surface area contributed by atoms with Gasteiger partial charge in [-0.05, 0) is 48.5 Å². The van der Waals surface area contributed by atoms with Crippen molar-refractivity contribution < 1.29 is 13.9 Å². The van der Waals surface area contributed by atoms with Crippen LogP contribution >= 0.6 is 0 Å². The first-order valence-corrected chi connectivity index (χ1v) is 8.91. The average molecular weight is 386 g/mol. The van der Waals surface area contributed by atoms with Crippen molar-refractivity contribution in [1.82, 2.24) is 15.2 Å². The van der Waals surface area contributed by atoms with Crippen LogP contribution in [0.3, 0.4) is 0 Å². The Morgan fingerprint density at radius 2 is 1.90 bits per heavy atom. The quantitative estimate of drug-likeness (QED) is 0.402. The summed E-state index contributed by atoms with van der Waals surface area (Å²) in [6, 6.07) is 20.1. The number of nitrogens with zero attached hydrogens (tertiary/aromatic N) is 3. The fraction of sp³-hybridized carbons (Fsp3) is 0.0455. The van der Waals surface area contributed by atoms with Gasteiger partial charge in [0.2, 0.25) is 0 Å². The number of carbonyl (C=O) groups excluding carboxylic acids is 1. The Labute approximate surface area is 167 Å². The molecule has 0 aliphatic carbocycles. The first kappa shape index (κ1) is 18.2. The van der Waals surface area contributed by atoms with Crippen molar-refractivity contribution in [1.29, 1.82) is 0 Å². The molecule has 0 spiro atoms. The van der Waals surface area contributed by atoms with Gasteiger partial charge in [-0.1, -0.05) is 18.2 Å². The maximum absolute atomic E-state index is 12.3. The topological polar surface area (TPSA) is 81.6 Å². The molecule has 0 bridgehead atoms. The number of para-hydroxylation sites is 1. The summed E-state index contributed by atoms with van der Waals surface area (Å²) >= 11 is 0. The molecule has 0 aliphatic rings. The van der Waals surface area contributed by atoms with E-state index < -0.39 is 0 Å². The van der Waals surface area contributed by atoms with Gasteiger partial charge >= 0.3 is 0 Å². The zero-order valence-corrected chi connectivity index (χ0v) is 15.6. The maximum Gasteiger partial charge on any atom is 0.271 e. The second-order valence-electron chi connectivity index (χ2n) is 6.12. The lowest BCUT2D eigenvalue weighted by Crippen LogP contribution is -2.17. The monoisotopic (exact) mass is 386 g/mol. The summed E-state index contributed by atoms with van der Waals surface area (Å²) in [5, 5.41) is 8.69. The molecule has 0 radical (unpaired) electrons. The number of benzene rings is 2. The van der Waals surface area contributed by atoms with Crippen LogP contribution in [0.15, 0.2) is 88.7 Å². The van der Waals surface area contributed by atoms with E-state index >= 15 is 0 Å². The highest BCUT2D eigenvalue weighted by molar-refractivity contribution is 5.95. The Morgan fingerprint density at radius 3 is 2.59 bits per heavy atom. The lowest BCUT2D eigenvalue weighted by molar-refractivity contribution is 0.0955. The summed E-state index contributed by atoms with van der Waals surface area (Å²) in [7, 11) is 1.57. The number of aromatic nitrogens is 2. The largest absolute Gasteiger partial charge is 0.497 e. The summed E-state index contributed by atoms with van der Waals surface area (Å²) in [4.78, 5) is 12.3. The van der Waals surface area contributed by atoms with Crippen LogP contribution in [0.5, 0.6) is 5.75 Å². The number of nitrogens with one attached hydrogen (secondary N) is 1. The molecule has 2 aromatic carbocycles. The molecule has 2 heterocycles. The lowest BCUT2D eigenvalue weighted by atomic mass is 10.2. The van der Waals surface area contributed by atoms with Crippen LogP contribution in [-0.2, 0) is 0 Å². The van der Waals surface area contributed by atoms with Crippen LogP contribution in [0.2, 0.25) is 0 Å². The van der Waals surface area contributed by atoms with E-state index in [1.165, 1.54) is 0 Å². The van der Waals surface area contributed by atoms with Gasteiger partial charge in [0.1, 0.15) is 11.4 Å². The first-order valence-electron chi connectivity index (χ1n) is 8.91. The third-order valence-corrected chi connectivity index (χ3v) is 4.24. The molecule has 0 saturated heterocycles. The smallest absolute Gasteiger partial charge is 0.271 e. The minimum atomic E-state index is -0.320. The molecule has 0 fully saturated rings. The molecule has 0 atom stereocenters. The second-order valence-corrected chi connectivity index (χ2v) is 6.12. The van der Waals surface area contributed by atoms with E-state index in [4.69, 9.17) is 9.15 Å². The van der Waals surface area contributed by atoms with E-state index in [2.05, 4.69) is 15.6 Å². The Bertz CT molecular complexity index is 1110. The van der Waals surface area contributed by atoms with Gasteiger partial charge in [-0.15, -0.1) is 0 Å². The zero-order valence-electron chi connectivity index (χ0n) is 15.6. The third-order valence-electron chi connectivity index (χ3n) is 4.24. The van der Waals surface area contributed by atoms with Gasteiger partial charge in [-0.25, -0.2) is 10.1 Å². The van der Waals surface area contributed by atoms with Gasteiger partial charge < -0.3 is 9.15 Å². The maximum atomic E-state index is 12.3. The van der Waals surface area contributed by atoms with Crippen molar-refractivity contribution in [2.24, 2.45) is 5.10 Å². The van der Waals surface area contributed by atoms with Crippen molar-refractivity contribution in [3.05, 3.63) is 90.3 Å². The van der Waals surface area contributed by atoms with Crippen LogP contribution in [0.4, 0.5) is 0 Å². The van der Waals surface area contributed by atoms with Gasteiger partial charge in [0.05, 0.1) is 25.3 Å². The highest BCUT2D eigenvalue weighted by Crippen LogP contribution is 2.23. The van der Waals surface area contributed by atoms with Crippen molar-refractivity contribution in [2.45, 2.75) is 0 Å². The van der Waals surface area contributed by atoms with Crippen LogP contribution in [-0.4, -0.2) is 29.0 Å². The van der Waals surface area contributed by atoms with Gasteiger partial charge in [0, 0.05) is 17.3 Å². The number of methoxy groups -OCH3 is 1. The van der Waals surface area contributed by atoms with Crippen molar-refractivity contribution in [3.63, 3.8) is 0 Å². The summed E-state index contributed by atoms with van der Waals surface area (Å²) in [6.45, 7) is 0. The summed E-state index contributed by atoms with van der Waals surface area (Å²) in [5.41, 5.74) is 5.25. The number of hydrogen-bond donors (Lipinski definition) is 1. The van der Waals surface area contributed by atoms with Crippen LogP contribution in [0.1, 0.15) is 15.9 Å². The molecular formula is C22H18N4O3. The molecule has 1 amide bonds. The number of furan rings is 1. The number of ether oxygens (including phenoxy) is 1. The van der Waals surface area contributed by atoms with Crippen molar-refractivity contribution >= 4 is 12.1 Å². The number of rotatable bonds is 6. The van der Waals surface area contributed by atoms with E-state index in [0.717, 1.165) is 5.69 Å². The number of hydrazone groups is 1. The number of carbonyl (C=O) groups is 1. The molecule has 2 aromatic heterocycles. The van der Waals surface area contributed by atoms with Crippen LogP contribution < -0.4 is 10.2 Å². The zero-order chi connectivity index (χ0) is 20.1. The summed E-state index contributed by atoms with van der Waals surface area (Å²) < 4.78 is 12.3. The predicted octanol–water partition coefficient (Wildman–Crippen LogP) is 3.90. The Kier molecular flexibility index (Phi) is 5.20. The highest BCUT2D eigenvalue weighted by atomic mass is 16.5. The van der Waals surface area contributed by atoms with Gasteiger partial charge in [-0.2, -0.15) is 10.2 Å². The molecule has 0 saturated carbocycles. The van der Waals surface area contributed by atoms with E-state index in [-0.39, 0.29) is 5.91 Å². The van der Waals surface area contributed by atoms with Gasteiger partial charge in [0.15, 0.2) is 5.76 Å². The van der Waals surface area contributed by atoms with Crippen LogP contribution in [0, 0.1) is 0 Å². The van der Waals surface area contributed by atoms with Gasteiger partial charge in [0.25, 0.3) is 5.91 Å². The average Bonchev–Trinajstić information content (AvgIpc) is 3.44. The Balaban J connectivity index is 1.56. The normalized spacial score (nSPS) is 10.9. The van der Waals surface area contributed by atoms with Crippen molar-refractivity contribution in [2.75, 3.05) is 7.11 Å². The summed E-state index contributed by atoms with van der Waals surface area (Å²) in [6.07, 6.45) is 4.96. The molecule has 29 heavy (non-hydrogen) atoms. The van der Waals surface area contributed by atoms with E-state index in [0.29, 0.717) is 28.3 Å². The first-order chi connectivity index (χ1) is 14.2. The van der Waals surface area contributed by atoms with Crippen LogP contribution in [0.25, 0.3) is 17.1 Å². The van der Waals surface area contributed by atoms with Crippen molar-refractivity contribution in [3.8, 4) is 22.9 Å². The minimum Gasteiger partial charge on any atom is -0.497 e. The fourth-order valence-electron chi connectivity index (χ4n) is 2.77. The SMILES string of the molecule is COc1ccc(C(=O)N/N=C\c2cn(-c3ccccc3)nc2-c2ccco2)cc1. The van der Waals surface area contributed by atoms with E-state index in [1.54, 1.807) is 54.6 Å². The Hall–Kier alpha value is -4.13. The molecule has 7 nitrogen and oxygen atoms in total. The predicted molar refractivity (Wildman–Crippen MR) is 109 cm³/mol. The fourth-order valence-corrected chi connectivity index (χ4v) is 2.77. The molecule has 7 heteroatoms. The van der Waals surface area contributed by atoms with E-state index in [9.17, 15) is 4.79 Å². The third kappa shape index (κ3) is 4.08. The Morgan fingerprint density at radius 1 is 1.10 bits per heavy atom. The highest BCUT2D eigenvalue weighted by Gasteiger charge is 2.13. The number of hydrogen-bond acceptors (Lipinski definition) is 5. The number of amides is 1. The minimum absolute atomic E-state index is 0.320. The molecule has 4 rings (SSSR count).